The molecule has 2 aromatic rings. The van der Waals surface area contributed by atoms with Crippen molar-refractivity contribution in [2.75, 3.05) is 0 Å². The molecule has 0 amide bonds. The van der Waals surface area contributed by atoms with Gasteiger partial charge < -0.3 is 4.57 Å². The van der Waals surface area contributed by atoms with Gasteiger partial charge in [-0.25, -0.2) is 4.98 Å². The van der Waals surface area contributed by atoms with E-state index in [-0.39, 0.29) is 5.38 Å². The summed E-state index contributed by atoms with van der Waals surface area (Å²) in [4.78, 5) is 4.69. The number of halogens is 1. The number of benzene rings is 1. The van der Waals surface area contributed by atoms with Crippen LogP contribution in [0.25, 0.3) is 11.0 Å². The zero-order chi connectivity index (χ0) is 13.3. The van der Waals surface area contributed by atoms with Crippen LogP contribution >= 0.6 is 11.6 Å². The van der Waals surface area contributed by atoms with Gasteiger partial charge in [-0.15, -0.1) is 11.6 Å². The van der Waals surface area contributed by atoms with Crippen LogP contribution in [0.1, 0.15) is 44.0 Å². The number of aryl methyl sites for hydroxylation is 1. The highest BCUT2D eigenvalue weighted by atomic mass is 35.5. The third-order valence-corrected chi connectivity index (χ3v) is 3.74. The summed E-state index contributed by atoms with van der Waals surface area (Å²) in [7, 11) is 0. The molecule has 2 atom stereocenters. The van der Waals surface area contributed by atoms with E-state index in [1.54, 1.807) is 0 Å². The van der Waals surface area contributed by atoms with Crippen LogP contribution in [0.15, 0.2) is 18.2 Å². The van der Waals surface area contributed by atoms with E-state index in [0.717, 1.165) is 17.9 Å². The van der Waals surface area contributed by atoms with Crippen molar-refractivity contribution >= 4 is 22.6 Å². The number of imidazole rings is 1. The van der Waals surface area contributed by atoms with Gasteiger partial charge in [-0.1, -0.05) is 32.4 Å². The maximum absolute atomic E-state index is 6.28. The Morgan fingerprint density at radius 1 is 1.33 bits per heavy atom. The number of hydrogen-bond acceptors (Lipinski definition) is 1. The Balaban J connectivity index is 2.61. The summed E-state index contributed by atoms with van der Waals surface area (Å²) >= 11 is 6.28. The van der Waals surface area contributed by atoms with Gasteiger partial charge in [0.15, 0.2) is 0 Å². The minimum Gasteiger partial charge on any atom is -0.326 e. The number of para-hydroxylation sites is 1. The molecule has 1 aromatic heterocycles. The Labute approximate surface area is 114 Å². The minimum absolute atomic E-state index is 0.0548. The summed E-state index contributed by atoms with van der Waals surface area (Å²) in [6.07, 6.45) is 1.17. The van der Waals surface area contributed by atoms with Gasteiger partial charge in [-0.05, 0) is 31.4 Å². The monoisotopic (exact) mass is 264 g/mol. The van der Waals surface area contributed by atoms with E-state index in [2.05, 4.69) is 43.5 Å². The van der Waals surface area contributed by atoms with E-state index in [1.807, 2.05) is 6.92 Å². The van der Waals surface area contributed by atoms with Gasteiger partial charge >= 0.3 is 0 Å². The van der Waals surface area contributed by atoms with Crippen molar-refractivity contribution in [1.29, 1.82) is 0 Å². The van der Waals surface area contributed by atoms with E-state index in [1.165, 1.54) is 17.5 Å². The fourth-order valence-corrected chi connectivity index (χ4v) is 2.48. The van der Waals surface area contributed by atoms with Crippen LogP contribution in [0.4, 0.5) is 0 Å². The third kappa shape index (κ3) is 2.39. The molecule has 0 bridgehead atoms. The van der Waals surface area contributed by atoms with Crippen LogP contribution in [-0.2, 0) is 6.54 Å². The average Bonchev–Trinajstić information content (AvgIpc) is 2.69. The lowest BCUT2D eigenvalue weighted by molar-refractivity contribution is 0.465. The lowest BCUT2D eigenvalue weighted by atomic mass is 10.1. The zero-order valence-corrected chi connectivity index (χ0v) is 12.3. The van der Waals surface area contributed by atoms with Crippen molar-refractivity contribution in [1.82, 2.24) is 9.55 Å². The Morgan fingerprint density at radius 3 is 2.67 bits per heavy atom. The molecule has 2 nitrogen and oxygen atoms in total. The zero-order valence-electron chi connectivity index (χ0n) is 11.6. The molecule has 0 aliphatic heterocycles. The maximum atomic E-state index is 6.28. The summed E-state index contributed by atoms with van der Waals surface area (Å²) in [5.74, 6) is 1.62. The van der Waals surface area contributed by atoms with Crippen molar-refractivity contribution in [3.8, 4) is 0 Å². The fourth-order valence-electron chi connectivity index (χ4n) is 2.31. The molecule has 1 aromatic carbocycles. The Morgan fingerprint density at radius 2 is 2.06 bits per heavy atom. The van der Waals surface area contributed by atoms with Crippen LogP contribution in [-0.4, -0.2) is 9.55 Å². The van der Waals surface area contributed by atoms with E-state index >= 15 is 0 Å². The molecule has 0 aliphatic rings. The number of nitrogens with zero attached hydrogens (tertiary/aromatic N) is 2. The molecule has 98 valence electrons. The summed E-state index contributed by atoms with van der Waals surface area (Å²) in [5, 5.41) is -0.0548. The van der Waals surface area contributed by atoms with Gasteiger partial charge in [0.2, 0.25) is 0 Å². The van der Waals surface area contributed by atoms with Crippen molar-refractivity contribution in [2.24, 2.45) is 5.92 Å². The molecule has 0 spiro atoms. The summed E-state index contributed by atoms with van der Waals surface area (Å²) < 4.78 is 2.30. The Kier molecular flexibility index (Phi) is 3.96. The molecule has 2 rings (SSSR count). The van der Waals surface area contributed by atoms with Gasteiger partial charge in [-0.2, -0.15) is 0 Å². The van der Waals surface area contributed by atoms with Gasteiger partial charge in [0, 0.05) is 6.54 Å². The second-order valence-electron chi connectivity index (χ2n) is 5.15. The van der Waals surface area contributed by atoms with Gasteiger partial charge in [0.1, 0.15) is 5.82 Å². The highest BCUT2D eigenvalue weighted by Gasteiger charge is 2.17. The summed E-state index contributed by atoms with van der Waals surface area (Å²) in [6, 6.07) is 6.26. The third-order valence-electron chi connectivity index (χ3n) is 3.54. The van der Waals surface area contributed by atoms with E-state index < -0.39 is 0 Å². The van der Waals surface area contributed by atoms with Gasteiger partial charge in [-0.3, -0.25) is 0 Å². The first-order chi connectivity index (χ1) is 8.54. The van der Waals surface area contributed by atoms with Crippen LogP contribution in [0.3, 0.4) is 0 Å². The number of alkyl halides is 1. The first kappa shape index (κ1) is 13.4. The molecule has 2 unspecified atom stereocenters. The van der Waals surface area contributed by atoms with Crippen LogP contribution in [0.2, 0.25) is 0 Å². The molecule has 0 saturated heterocycles. The van der Waals surface area contributed by atoms with E-state index in [0.29, 0.717) is 5.92 Å². The van der Waals surface area contributed by atoms with E-state index in [9.17, 15) is 0 Å². The lowest BCUT2D eigenvalue weighted by Crippen LogP contribution is -2.11. The molecule has 3 heteroatoms. The first-order valence-corrected chi connectivity index (χ1v) is 7.08. The SMILES string of the molecule is CCC(C)Cn1c(C(C)Cl)nc2cccc(C)c21. The summed E-state index contributed by atoms with van der Waals surface area (Å²) in [6.45, 7) is 9.61. The molecule has 1 heterocycles. The molecule has 18 heavy (non-hydrogen) atoms. The smallest absolute Gasteiger partial charge is 0.127 e. The van der Waals surface area contributed by atoms with E-state index in [4.69, 9.17) is 16.6 Å². The highest BCUT2D eigenvalue weighted by Crippen LogP contribution is 2.27. The van der Waals surface area contributed by atoms with Crippen molar-refractivity contribution in [3.63, 3.8) is 0 Å². The first-order valence-electron chi connectivity index (χ1n) is 6.64. The largest absolute Gasteiger partial charge is 0.326 e. The molecular formula is C15H21ClN2. The number of hydrogen-bond donors (Lipinski definition) is 0. The van der Waals surface area contributed by atoms with Gasteiger partial charge in [0.25, 0.3) is 0 Å². The minimum atomic E-state index is -0.0548. The maximum Gasteiger partial charge on any atom is 0.127 e. The van der Waals surface area contributed by atoms with Crippen LogP contribution < -0.4 is 0 Å². The van der Waals surface area contributed by atoms with Crippen molar-refractivity contribution < 1.29 is 0 Å². The van der Waals surface area contributed by atoms with Gasteiger partial charge in [0.05, 0.1) is 16.4 Å². The topological polar surface area (TPSA) is 17.8 Å². The molecule has 0 fully saturated rings. The predicted octanol–water partition coefficient (Wildman–Crippen LogP) is 4.69. The quantitative estimate of drug-likeness (QED) is 0.733. The molecular weight excluding hydrogens is 244 g/mol. The Bertz CT molecular complexity index is 543. The highest BCUT2D eigenvalue weighted by molar-refractivity contribution is 6.20. The number of rotatable bonds is 4. The average molecular weight is 265 g/mol. The standard InChI is InChI=1S/C15H21ClN2/c1-5-10(2)9-18-14-11(3)7-6-8-13(14)17-15(18)12(4)16/h6-8,10,12H,5,9H2,1-4H3. The molecule has 0 saturated carbocycles. The molecule has 0 radical (unpaired) electrons. The molecule has 0 aliphatic carbocycles. The normalized spacial score (nSPS) is 14.9. The van der Waals surface area contributed by atoms with Crippen LogP contribution in [0, 0.1) is 12.8 Å². The fraction of sp³-hybridized carbons (Fsp3) is 0.533. The number of aromatic nitrogens is 2. The summed E-state index contributed by atoms with van der Waals surface area (Å²) in [5.41, 5.74) is 3.56. The Hall–Kier alpha value is -1.02. The molecule has 0 N–H and O–H groups in total. The van der Waals surface area contributed by atoms with Crippen LogP contribution in [0.5, 0.6) is 0 Å². The second-order valence-corrected chi connectivity index (χ2v) is 5.81. The van der Waals surface area contributed by atoms with Crippen molar-refractivity contribution in [2.45, 2.75) is 46.0 Å². The number of fused-ring (bicyclic) bond motifs is 1. The second kappa shape index (κ2) is 5.31. The lowest BCUT2D eigenvalue weighted by Gasteiger charge is -2.15. The predicted molar refractivity (Wildman–Crippen MR) is 78.2 cm³/mol. The van der Waals surface area contributed by atoms with Crippen molar-refractivity contribution in [3.05, 3.63) is 29.6 Å².